The van der Waals surface area contributed by atoms with Crippen LogP contribution in [0.4, 0.5) is 10.5 Å². The lowest BCUT2D eigenvalue weighted by Gasteiger charge is -2.34. The molecule has 0 aliphatic carbocycles. The van der Waals surface area contributed by atoms with Crippen LogP contribution in [-0.2, 0) is 6.54 Å². The molecule has 3 rings (SSSR count). The molecule has 0 saturated carbocycles. The van der Waals surface area contributed by atoms with E-state index in [9.17, 15) is 9.90 Å². The number of nitrogens with zero attached hydrogens (tertiary/aromatic N) is 2. The molecule has 2 atom stereocenters. The van der Waals surface area contributed by atoms with Crippen LogP contribution in [-0.4, -0.2) is 39.8 Å². The minimum absolute atomic E-state index is 0.0757. The third kappa shape index (κ3) is 3.56. The SMILES string of the molecule is CCCn1ccc2ccc(NC(=O)N3CCCC(C(C)O)C3)cc21. The van der Waals surface area contributed by atoms with Crippen molar-refractivity contribution in [3.05, 3.63) is 30.5 Å². The molecule has 1 aromatic heterocycles. The van der Waals surface area contributed by atoms with E-state index in [0.29, 0.717) is 6.54 Å². The standard InChI is InChI=1S/C19H27N3O2/c1-3-9-21-11-8-15-6-7-17(12-18(15)21)20-19(24)22-10-4-5-16(13-22)14(2)23/h6-8,11-12,14,16,23H,3-5,9-10,13H2,1-2H3,(H,20,24). The van der Waals surface area contributed by atoms with Gasteiger partial charge in [0.1, 0.15) is 0 Å². The molecule has 1 aliphatic rings. The first-order valence-electron chi connectivity index (χ1n) is 8.91. The molecule has 1 fully saturated rings. The van der Waals surface area contributed by atoms with Gasteiger partial charge in [0, 0.05) is 37.4 Å². The highest BCUT2D eigenvalue weighted by molar-refractivity contribution is 5.93. The van der Waals surface area contributed by atoms with Crippen molar-refractivity contribution in [2.45, 2.75) is 45.8 Å². The monoisotopic (exact) mass is 329 g/mol. The van der Waals surface area contributed by atoms with Gasteiger partial charge in [0.15, 0.2) is 0 Å². The fourth-order valence-electron chi connectivity index (χ4n) is 3.49. The Labute approximate surface area is 143 Å². The molecule has 2 heterocycles. The van der Waals surface area contributed by atoms with E-state index in [4.69, 9.17) is 0 Å². The Morgan fingerprint density at radius 1 is 1.42 bits per heavy atom. The van der Waals surface area contributed by atoms with Gasteiger partial charge in [-0.1, -0.05) is 13.0 Å². The van der Waals surface area contributed by atoms with E-state index in [1.54, 1.807) is 0 Å². The number of carbonyl (C=O) groups is 1. The Kier molecular flexibility index (Phi) is 5.09. The van der Waals surface area contributed by atoms with Crippen molar-refractivity contribution in [1.82, 2.24) is 9.47 Å². The zero-order chi connectivity index (χ0) is 17.1. The summed E-state index contributed by atoms with van der Waals surface area (Å²) in [4.78, 5) is 14.4. The number of piperidine rings is 1. The fraction of sp³-hybridized carbons (Fsp3) is 0.526. The highest BCUT2D eigenvalue weighted by Crippen LogP contribution is 2.23. The Morgan fingerprint density at radius 2 is 2.25 bits per heavy atom. The fourth-order valence-corrected chi connectivity index (χ4v) is 3.49. The summed E-state index contributed by atoms with van der Waals surface area (Å²) in [5.74, 6) is 0.175. The molecule has 2 amide bonds. The van der Waals surface area contributed by atoms with Crippen LogP contribution in [0, 0.1) is 5.92 Å². The molecule has 1 aromatic carbocycles. The largest absolute Gasteiger partial charge is 0.393 e. The number of nitrogens with one attached hydrogen (secondary N) is 1. The molecule has 5 nitrogen and oxygen atoms in total. The Hall–Kier alpha value is -2.01. The summed E-state index contributed by atoms with van der Waals surface area (Å²) in [6, 6.07) is 8.07. The van der Waals surface area contributed by atoms with Gasteiger partial charge in [0.05, 0.1) is 11.6 Å². The van der Waals surface area contributed by atoms with Gasteiger partial charge in [-0.15, -0.1) is 0 Å². The second kappa shape index (κ2) is 7.26. The molecule has 2 aromatic rings. The predicted octanol–water partition coefficient (Wildman–Crippen LogP) is 3.68. The molecule has 0 radical (unpaired) electrons. The van der Waals surface area contributed by atoms with E-state index < -0.39 is 0 Å². The molecule has 130 valence electrons. The first-order chi connectivity index (χ1) is 11.6. The maximum absolute atomic E-state index is 12.5. The highest BCUT2D eigenvalue weighted by atomic mass is 16.3. The van der Waals surface area contributed by atoms with Crippen LogP contribution in [0.2, 0.25) is 0 Å². The number of aryl methyl sites for hydroxylation is 1. The van der Waals surface area contributed by atoms with Gasteiger partial charge < -0.3 is 19.9 Å². The number of aliphatic hydroxyl groups is 1. The Morgan fingerprint density at radius 3 is 3.00 bits per heavy atom. The van der Waals surface area contributed by atoms with Crippen molar-refractivity contribution >= 4 is 22.6 Å². The molecule has 0 spiro atoms. The molecule has 0 bridgehead atoms. The minimum Gasteiger partial charge on any atom is -0.393 e. The van der Waals surface area contributed by atoms with E-state index in [0.717, 1.165) is 43.6 Å². The second-order valence-corrected chi connectivity index (χ2v) is 6.80. The van der Waals surface area contributed by atoms with Crippen LogP contribution in [0.3, 0.4) is 0 Å². The predicted molar refractivity (Wildman–Crippen MR) is 97.2 cm³/mol. The van der Waals surface area contributed by atoms with Crippen molar-refractivity contribution in [3.63, 3.8) is 0 Å². The summed E-state index contributed by atoms with van der Waals surface area (Å²) < 4.78 is 2.22. The van der Waals surface area contributed by atoms with Gasteiger partial charge >= 0.3 is 6.03 Å². The van der Waals surface area contributed by atoms with Gasteiger partial charge in [0.2, 0.25) is 0 Å². The quantitative estimate of drug-likeness (QED) is 0.899. The van der Waals surface area contributed by atoms with Gasteiger partial charge in [-0.05, 0) is 49.8 Å². The number of hydrogen-bond acceptors (Lipinski definition) is 2. The molecule has 2 N–H and O–H groups in total. The summed E-state index contributed by atoms with van der Waals surface area (Å²) in [5, 5.41) is 14.0. The van der Waals surface area contributed by atoms with E-state index in [1.807, 2.05) is 30.0 Å². The molecular formula is C19H27N3O2. The van der Waals surface area contributed by atoms with Gasteiger partial charge in [0.25, 0.3) is 0 Å². The van der Waals surface area contributed by atoms with E-state index >= 15 is 0 Å². The first-order valence-corrected chi connectivity index (χ1v) is 8.91. The number of amides is 2. The van der Waals surface area contributed by atoms with E-state index in [-0.39, 0.29) is 18.1 Å². The van der Waals surface area contributed by atoms with Crippen LogP contribution in [0.25, 0.3) is 10.9 Å². The smallest absolute Gasteiger partial charge is 0.321 e. The number of aliphatic hydroxyl groups excluding tert-OH is 1. The summed E-state index contributed by atoms with van der Waals surface area (Å²) >= 11 is 0. The van der Waals surface area contributed by atoms with Gasteiger partial charge in [-0.2, -0.15) is 0 Å². The van der Waals surface area contributed by atoms with Crippen LogP contribution >= 0.6 is 0 Å². The average Bonchev–Trinajstić information content (AvgIpc) is 2.98. The highest BCUT2D eigenvalue weighted by Gasteiger charge is 2.26. The summed E-state index contributed by atoms with van der Waals surface area (Å²) in [6.07, 6.45) is 4.74. The van der Waals surface area contributed by atoms with Crippen molar-refractivity contribution in [2.75, 3.05) is 18.4 Å². The Balaban J connectivity index is 1.72. The summed E-state index contributed by atoms with van der Waals surface area (Å²) in [6.45, 7) is 6.32. The molecule has 1 aliphatic heterocycles. The maximum atomic E-state index is 12.5. The number of rotatable bonds is 4. The number of fused-ring (bicyclic) bond motifs is 1. The van der Waals surface area contributed by atoms with E-state index in [1.165, 1.54) is 5.39 Å². The van der Waals surface area contributed by atoms with Gasteiger partial charge in [-0.3, -0.25) is 0 Å². The van der Waals surface area contributed by atoms with Crippen molar-refractivity contribution in [2.24, 2.45) is 5.92 Å². The topological polar surface area (TPSA) is 57.5 Å². The summed E-state index contributed by atoms with van der Waals surface area (Å²) in [5.41, 5.74) is 1.97. The number of hydrogen-bond donors (Lipinski definition) is 2. The number of urea groups is 1. The van der Waals surface area contributed by atoms with Crippen molar-refractivity contribution < 1.29 is 9.90 Å². The minimum atomic E-state index is -0.366. The lowest BCUT2D eigenvalue weighted by Crippen LogP contribution is -2.44. The third-order valence-corrected chi connectivity index (χ3v) is 4.92. The molecule has 24 heavy (non-hydrogen) atoms. The second-order valence-electron chi connectivity index (χ2n) is 6.80. The molecule has 1 saturated heterocycles. The lowest BCUT2D eigenvalue weighted by atomic mass is 9.94. The van der Waals surface area contributed by atoms with Crippen LogP contribution < -0.4 is 5.32 Å². The number of benzene rings is 1. The molecule has 2 unspecified atom stereocenters. The third-order valence-electron chi connectivity index (χ3n) is 4.92. The zero-order valence-corrected chi connectivity index (χ0v) is 14.5. The molecular weight excluding hydrogens is 302 g/mol. The average molecular weight is 329 g/mol. The number of aromatic nitrogens is 1. The van der Waals surface area contributed by atoms with Crippen molar-refractivity contribution in [1.29, 1.82) is 0 Å². The normalized spacial score (nSPS) is 19.5. The number of carbonyl (C=O) groups excluding carboxylic acids is 1. The lowest BCUT2D eigenvalue weighted by molar-refractivity contribution is 0.0766. The van der Waals surface area contributed by atoms with E-state index in [2.05, 4.69) is 29.1 Å². The van der Waals surface area contributed by atoms with Gasteiger partial charge in [-0.25, -0.2) is 4.79 Å². The van der Waals surface area contributed by atoms with Crippen LogP contribution in [0.15, 0.2) is 30.5 Å². The zero-order valence-electron chi connectivity index (χ0n) is 14.5. The maximum Gasteiger partial charge on any atom is 0.321 e. The summed E-state index contributed by atoms with van der Waals surface area (Å²) in [7, 11) is 0. The number of likely N-dealkylation sites (tertiary alicyclic amines) is 1. The molecule has 5 heteroatoms. The van der Waals surface area contributed by atoms with Crippen LogP contribution in [0.5, 0.6) is 0 Å². The van der Waals surface area contributed by atoms with Crippen molar-refractivity contribution in [3.8, 4) is 0 Å². The Bertz CT molecular complexity index is 708. The number of anilines is 1. The van der Waals surface area contributed by atoms with Crippen LogP contribution in [0.1, 0.15) is 33.1 Å². The first kappa shape index (κ1) is 16.8.